The Hall–Kier alpha value is -4.92. The number of carbonyl (C=O) groups excluding carboxylic acids is 2. The molecule has 4 atom stereocenters. The number of amides is 2. The largest absolute Gasteiger partial charge is 0.505 e. The average Bonchev–Trinajstić information content (AvgIpc) is 2.95. The number of nitrogens with one attached hydrogen (secondary N) is 2. The minimum absolute atomic E-state index is 0.0497. The van der Waals surface area contributed by atoms with E-state index < -0.39 is 59.3 Å². The van der Waals surface area contributed by atoms with Crippen LogP contribution in [0.5, 0.6) is 11.5 Å². The summed E-state index contributed by atoms with van der Waals surface area (Å²) < 4.78 is 27.8. The van der Waals surface area contributed by atoms with E-state index in [0.29, 0.717) is 5.56 Å². The first kappa shape index (κ1) is 31.0. The third-order valence-corrected chi connectivity index (χ3v) is 6.95. The zero-order chi connectivity index (χ0) is 31.6. The van der Waals surface area contributed by atoms with Crippen molar-refractivity contribution in [3.05, 3.63) is 75.8 Å². The molecule has 1 aliphatic heterocycles. The predicted octanol–water partition coefficient (Wildman–Crippen LogP) is 2.25. The number of aliphatic hydroxyl groups is 1. The molecule has 0 radical (unpaired) electrons. The second kappa shape index (κ2) is 12.1. The maximum absolute atomic E-state index is 12.9. The van der Waals surface area contributed by atoms with Gasteiger partial charge in [-0.25, -0.2) is 9.59 Å². The van der Waals surface area contributed by atoms with Crippen LogP contribution in [-0.2, 0) is 14.2 Å². The zero-order valence-electron chi connectivity index (χ0n) is 23.7. The Bertz CT molecular complexity index is 1660. The van der Waals surface area contributed by atoms with Gasteiger partial charge in [0.1, 0.15) is 17.4 Å². The maximum Gasteiger partial charge on any atom is 0.404 e. The lowest BCUT2D eigenvalue weighted by Gasteiger charge is -2.47. The first-order chi connectivity index (χ1) is 20.3. The van der Waals surface area contributed by atoms with Gasteiger partial charge in [-0.1, -0.05) is 12.1 Å². The highest BCUT2D eigenvalue weighted by molar-refractivity contribution is 6.10. The van der Waals surface area contributed by atoms with Crippen molar-refractivity contribution in [3.8, 4) is 11.5 Å². The number of anilines is 1. The molecule has 0 bridgehead atoms. The van der Waals surface area contributed by atoms with Gasteiger partial charge < -0.3 is 55.8 Å². The molecule has 0 unspecified atom stereocenters. The van der Waals surface area contributed by atoms with Crippen molar-refractivity contribution in [3.63, 3.8) is 0 Å². The number of benzene rings is 2. The molecular weight excluding hydrogens is 564 g/mol. The fourth-order valence-electron chi connectivity index (χ4n) is 4.88. The molecular formula is C29H32N4O10. The van der Waals surface area contributed by atoms with Gasteiger partial charge in [0, 0.05) is 23.8 Å². The van der Waals surface area contributed by atoms with Crippen molar-refractivity contribution in [2.75, 3.05) is 12.4 Å². The molecule has 0 aliphatic carbocycles. The molecule has 14 heteroatoms. The number of primary amides is 1. The normalized spacial score (nSPS) is 21.4. The van der Waals surface area contributed by atoms with E-state index in [9.17, 15) is 24.6 Å². The van der Waals surface area contributed by atoms with Crippen molar-refractivity contribution >= 4 is 34.4 Å². The highest BCUT2D eigenvalue weighted by atomic mass is 16.7. The quantitative estimate of drug-likeness (QED) is 0.163. The number of aromatic hydroxyl groups is 1. The molecule has 2 aromatic carbocycles. The van der Waals surface area contributed by atoms with Crippen LogP contribution < -0.4 is 27.1 Å². The molecule has 1 aliphatic rings. The Morgan fingerprint density at radius 2 is 1.88 bits per heavy atom. The SMILES string of the molecule is CO[C@@H]1[C@@H](OC(N)=O)[C@@H](O)[C@H](Oc2ccc3c(O)c(NC(=O)c4cccc(C(=N)/C=C\N)c4)c(=O)oc3c2C)OC1(C)C. The van der Waals surface area contributed by atoms with Crippen LogP contribution in [0.2, 0.25) is 0 Å². The van der Waals surface area contributed by atoms with E-state index in [1.54, 1.807) is 32.9 Å². The summed E-state index contributed by atoms with van der Waals surface area (Å²) in [5.74, 6) is -1.15. The van der Waals surface area contributed by atoms with Gasteiger partial charge in [0.15, 0.2) is 23.6 Å². The molecule has 1 fully saturated rings. The number of carbonyl (C=O) groups is 2. The Morgan fingerprint density at radius 1 is 1.19 bits per heavy atom. The average molecular weight is 597 g/mol. The summed E-state index contributed by atoms with van der Waals surface area (Å²) in [6.45, 7) is 4.85. The lowest BCUT2D eigenvalue weighted by molar-refractivity contribution is -0.304. The van der Waals surface area contributed by atoms with Gasteiger partial charge in [0.05, 0.1) is 16.7 Å². The van der Waals surface area contributed by atoms with E-state index in [2.05, 4.69) is 5.32 Å². The van der Waals surface area contributed by atoms with Crippen LogP contribution >= 0.6 is 0 Å². The molecule has 228 valence electrons. The highest BCUT2D eigenvalue weighted by Gasteiger charge is 2.53. The maximum atomic E-state index is 12.9. The van der Waals surface area contributed by atoms with Crippen molar-refractivity contribution < 1.29 is 43.2 Å². The van der Waals surface area contributed by atoms with E-state index in [4.69, 9.17) is 40.2 Å². The Balaban J connectivity index is 1.64. The van der Waals surface area contributed by atoms with Crippen LogP contribution in [0.15, 0.2) is 57.9 Å². The second-order valence-corrected chi connectivity index (χ2v) is 10.2. The third-order valence-electron chi connectivity index (χ3n) is 6.95. The summed E-state index contributed by atoms with van der Waals surface area (Å²) >= 11 is 0. The molecule has 2 heterocycles. The summed E-state index contributed by atoms with van der Waals surface area (Å²) in [6.07, 6.45) is -3.57. The number of hydrogen-bond donors (Lipinski definition) is 6. The van der Waals surface area contributed by atoms with Crippen molar-refractivity contribution in [2.24, 2.45) is 11.5 Å². The number of aliphatic hydroxyl groups excluding tert-OH is 1. The summed E-state index contributed by atoms with van der Waals surface area (Å²) in [4.78, 5) is 37.3. The van der Waals surface area contributed by atoms with Crippen molar-refractivity contribution in [2.45, 2.75) is 51.0 Å². The minimum Gasteiger partial charge on any atom is -0.505 e. The molecule has 0 spiro atoms. The second-order valence-electron chi connectivity index (χ2n) is 10.2. The number of rotatable bonds is 8. The summed E-state index contributed by atoms with van der Waals surface area (Å²) in [5.41, 5.74) is 8.72. The molecule has 3 aromatic rings. The number of hydrogen-bond acceptors (Lipinski definition) is 12. The topological polar surface area (TPSA) is 230 Å². The van der Waals surface area contributed by atoms with E-state index in [1.165, 1.54) is 43.7 Å². The molecule has 2 amide bonds. The van der Waals surface area contributed by atoms with Crippen LogP contribution in [-0.4, -0.2) is 65.2 Å². The fourth-order valence-corrected chi connectivity index (χ4v) is 4.88. The van der Waals surface area contributed by atoms with E-state index in [-0.39, 0.29) is 33.6 Å². The zero-order valence-corrected chi connectivity index (χ0v) is 23.7. The lowest BCUT2D eigenvalue weighted by Crippen LogP contribution is -2.65. The fraction of sp³-hybridized carbons (Fsp3) is 0.310. The number of ether oxygens (including phenoxy) is 4. The molecule has 8 N–H and O–H groups in total. The predicted molar refractivity (Wildman–Crippen MR) is 154 cm³/mol. The van der Waals surface area contributed by atoms with Gasteiger partial charge in [-0.3, -0.25) is 4.79 Å². The summed E-state index contributed by atoms with van der Waals surface area (Å²) in [6, 6.07) is 8.91. The minimum atomic E-state index is -1.52. The van der Waals surface area contributed by atoms with Crippen molar-refractivity contribution in [1.82, 2.24) is 0 Å². The van der Waals surface area contributed by atoms with Crippen LogP contribution in [0.1, 0.15) is 35.3 Å². The first-order valence-electron chi connectivity index (χ1n) is 13.0. The van der Waals surface area contributed by atoms with Gasteiger partial charge in [-0.15, -0.1) is 0 Å². The smallest absolute Gasteiger partial charge is 0.404 e. The summed E-state index contributed by atoms with van der Waals surface area (Å²) in [7, 11) is 1.36. The third kappa shape index (κ3) is 6.16. The number of methoxy groups -OCH3 is 1. The molecule has 0 saturated carbocycles. The lowest BCUT2D eigenvalue weighted by atomic mass is 9.89. The van der Waals surface area contributed by atoms with Gasteiger partial charge in [0.2, 0.25) is 6.29 Å². The monoisotopic (exact) mass is 596 g/mol. The van der Waals surface area contributed by atoms with Crippen LogP contribution in [0, 0.1) is 12.3 Å². The van der Waals surface area contributed by atoms with Gasteiger partial charge >= 0.3 is 11.7 Å². The summed E-state index contributed by atoms with van der Waals surface area (Å²) in [5, 5.41) is 32.3. The molecule has 43 heavy (non-hydrogen) atoms. The Labute approximate surface area is 245 Å². The molecule has 1 aromatic heterocycles. The molecule has 1 saturated heterocycles. The van der Waals surface area contributed by atoms with E-state index >= 15 is 0 Å². The van der Waals surface area contributed by atoms with Gasteiger partial charge in [0.25, 0.3) is 5.91 Å². The number of allylic oxidation sites excluding steroid dienone is 1. The first-order valence-corrected chi connectivity index (χ1v) is 13.0. The number of aryl methyl sites for hydroxylation is 1. The van der Waals surface area contributed by atoms with Gasteiger partial charge in [-0.05, 0) is 57.3 Å². The molecule has 4 rings (SSSR count). The highest BCUT2D eigenvalue weighted by Crippen LogP contribution is 2.38. The Kier molecular flexibility index (Phi) is 8.75. The van der Waals surface area contributed by atoms with Crippen LogP contribution in [0.25, 0.3) is 11.0 Å². The van der Waals surface area contributed by atoms with Crippen LogP contribution in [0.3, 0.4) is 0 Å². The number of fused-ring (bicyclic) bond motifs is 1. The van der Waals surface area contributed by atoms with Crippen molar-refractivity contribution in [1.29, 1.82) is 5.41 Å². The van der Waals surface area contributed by atoms with Gasteiger partial charge in [-0.2, -0.15) is 0 Å². The van der Waals surface area contributed by atoms with E-state index in [1.807, 2.05) is 0 Å². The van der Waals surface area contributed by atoms with E-state index in [0.717, 1.165) is 0 Å². The molecule has 14 nitrogen and oxygen atoms in total. The standard InChI is InChI=1S/C29H32N4O10/c1-13-18(40-27-21(35)23(42-28(32)38)24(39-4)29(2,3)43-27)9-8-16-20(34)19(26(37)41-22(13)16)33-25(36)15-7-5-6-14(12-15)17(31)10-11-30/h5-12,21,23-24,27,31,34-35H,30H2,1-4H3,(H2,32,38)(H,33,36)/b11-10-,31-17?/t21-,23+,24-,27-/m1/s1. The number of nitrogens with two attached hydrogens (primary N) is 2. The van der Waals surface area contributed by atoms with Crippen LogP contribution in [0.4, 0.5) is 10.5 Å². The Morgan fingerprint density at radius 3 is 2.53 bits per heavy atom.